The van der Waals surface area contributed by atoms with Gasteiger partial charge in [0.15, 0.2) is 0 Å². The molecule has 1 rings (SSSR count). The Balaban J connectivity index is 2.68. The summed E-state index contributed by atoms with van der Waals surface area (Å²) in [6.45, 7) is 5.61. The van der Waals surface area contributed by atoms with Crippen molar-refractivity contribution in [1.29, 1.82) is 0 Å². The molecular weight excluding hydrogens is 244 g/mol. The summed E-state index contributed by atoms with van der Waals surface area (Å²) in [6, 6.07) is 3.10. The van der Waals surface area contributed by atoms with Crippen molar-refractivity contribution in [2.45, 2.75) is 33.2 Å². The minimum atomic E-state index is -0.624. The van der Waals surface area contributed by atoms with Crippen LogP contribution in [0.25, 0.3) is 0 Å². The first-order valence-corrected chi connectivity index (χ1v) is 6.23. The predicted molar refractivity (Wildman–Crippen MR) is 71.5 cm³/mol. The van der Waals surface area contributed by atoms with Crippen LogP contribution in [0.1, 0.15) is 25.1 Å². The Morgan fingerprint density at radius 1 is 1.42 bits per heavy atom. The van der Waals surface area contributed by atoms with E-state index in [1.54, 1.807) is 6.20 Å². The maximum atomic E-state index is 11.9. The van der Waals surface area contributed by atoms with Gasteiger partial charge in [0, 0.05) is 6.20 Å². The van der Waals surface area contributed by atoms with Gasteiger partial charge >= 0.3 is 5.97 Å². The highest BCUT2D eigenvalue weighted by Crippen LogP contribution is 2.07. The SMILES string of the molecule is COC(=O)C(NC(=O)Cc1ncccc1C)C(C)C. The molecule has 104 valence electrons. The second-order valence-corrected chi connectivity index (χ2v) is 4.76. The molecule has 0 aliphatic rings. The number of carbonyl (C=O) groups is 2. The average molecular weight is 264 g/mol. The third-order valence-electron chi connectivity index (χ3n) is 2.88. The van der Waals surface area contributed by atoms with Crippen molar-refractivity contribution >= 4 is 11.9 Å². The number of nitrogens with one attached hydrogen (secondary N) is 1. The van der Waals surface area contributed by atoms with E-state index in [1.165, 1.54) is 7.11 Å². The highest BCUT2D eigenvalue weighted by atomic mass is 16.5. The number of aryl methyl sites for hydroxylation is 1. The smallest absolute Gasteiger partial charge is 0.328 e. The van der Waals surface area contributed by atoms with Crippen LogP contribution in [0, 0.1) is 12.8 Å². The fourth-order valence-electron chi connectivity index (χ4n) is 1.70. The van der Waals surface area contributed by atoms with Crippen LogP contribution < -0.4 is 5.32 Å². The lowest BCUT2D eigenvalue weighted by molar-refractivity contribution is -0.146. The Labute approximate surface area is 113 Å². The molecule has 0 aromatic carbocycles. The van der Waals surface area contributed by atoms with E-state index < -0.39 is 12.0 Å². The molecule has 1 heterocycles. The lowest BCUT2D eigenvalue weighted by Gasteiger charge is -2.19. The van der Waals surface area contributed by atoms with Crippen molar-refractivity contribution < 1.29 is 14.3 Å². The van der Waals surface area contributed by atoms with E-state index in [0.29, 0.717) is 5.69 Å². The number of carbonyl (C=O) groups excluding carboxylic acids is 2. The molecule has 1 aromatic heterocycles. The fraction of sp³-hybridized carbons (Fsp3) is 0.500. The molecule has 5 nitrogen and oxygen atoms in total. The van der Waals surface area contributed by atoms with E-state index >= 15 is 0 Å². The zero-order chi connectivity index (χ0) is 14.4. The fourth-order valence-corrected chi connectivity index (χ4v) is 1.70. The third kappa shape index (κ3) is 4.35. The van der Waals surface area contributed by atoms with E-state index in [0.717, 1.165) is 5.56 Å². The Morgan fingerprint density at radius 3 is 2.63 bits per heavy atom. The van der Waals surface area contributed by atoms with E-state index in [4.69, 9.17) is 0 Å². The van der Waals surface area contributed by atoms with Crippen LogP contribution in [0.15, 0.2) is 18.3 Å². The minimum Gasteiger partial charge on any atom is -0.467 e. The quantitative estimate of drug-likeness (QED) is 0.813. The molecule has 0 aliphatic carbocycles. The summed E-state index contributed by atoms with van der Waals surface area (Å²) in [5.74, 6) is -0.687. The number of nitrogens with zero attached hydrogens (tertiary/aromatic N) is 1. The molecular formula is C14H20N2O3. The maximum Gasteiger partial charge on any atom is 0.328 e. The minimum absolute atomic E-state index is 0.0266. The van der Waals surface area contributed by atoms with Crippen molar-refractivity contribution in [3.05, 3.63) is 29.6 Å². The van der Waals surface area contributed by atoms with Gasteiger partial charge in [-0.3, -0.25) is 9.78 Å². The molecule has 0 bridgehead atoms. The molecule has 0 saturated heterocycles. The molecule has 0 fully saturated rings. The second-order valence-electron chi connectivity index (χ2n) is 4.76. The van der Waals surface area contributed by atoms with E-state index in [1.807, 2.05) is 32.9 Å². The molecule has 1 amide bonds. The normalized spacial score (nSPS) is 12.1. The van der Waals surface area contributed by atoms with Crippen molar-refractivity contribution in [1.82, 2.24) is 10.3 Å². The molecule has 0 spiro atoms. The Morgan fingerprint density at radius 2 is 2.11 bits per heavy atom. The summed E-state index contributed by atoms with van der Waals surface area (Å²) >= 11 is 0. The van der Waals surface area contributed by atoms with E-state index in [9.17, 15) is 9.59 Å². The third-order valence-corrected chi connectivity index (χ3v) is 2.88. The van der Waals surface area contributed by atoms with Gasteiger partial charge in [-0.1, -0.05) is 19.9 Å². The Bertz CT molecular complexity index is 458. The monoisotopic (exact) mass is 264 g/mol. The summed E-state index contributed by atoms with van der Waals surface area (Å²) in [7, 11) is 1.31. The van der Waals surface area contributed by atoms with Gasteiger partial charge in [-0.05, 0) is 24.5 Å². The Hall–Kier alpha value is -1.91. The first-order valence-electron chi connectivity index (χ1n) is 6.23. The second kappa shape index (κ2) is 6.87. The molecule has 1 unspecified atom stereocenters. The number of rotatable bonds is 5. The summed E-state index contributed by atoms with van der Waals surface area (Å²) in [5, 5.41) is 2.69. The van der Waals surface area contributed by atoms with Crippen LogP contribution in [0.2, 0.25) is 0 Å². The van der Waals surface area contributed by atoms with Gasteiger partial charge in [-0.2, -0.15) is 0 Å². The van der Waals surface area contributed by atoms with Gasteiger partial charge < -0.3 is 10.1 Å². The number of amides is 1. The standard InChI is InChI=1S/C14H20N2O3/c1-9(2)13(14(18)19-4)16-12(17)8-11-10(3)6-5-7-15-11/h5-7,9,13H,8H2,1-4H3,(H,16,17). The van der Waals surface area contributed by atoms with Gasteiger partial charge in [0.25, 0.3) is 0 Å². The highest BCUT2D eigenvalue weighted by Gasteiger charge is 2.25. The maximum absolute atomic E-state index is 11.9. The van der Waals surface area contributed by atoms with E-state index in [2.05, 4.69) is 15.0 Å². The predicted octanol–water partition coefficient (Wildman–Crippen LogP) is 1.25. The first kappa shape index (κ1) is 15.1. The number of hydrogen-bond acceptors (Lipinski definition) is 4. The van der Waals surface area contributed by atoms with Crippen LogP contribution in [-0.2, 0) is 20.7 Å². The number of ether oxygens (including phenoxy) is 1. The van der Waals surface area contributed by atoms with E-state index in [-0.39, 0.29) is 18.2 Å². The van der Waals surface area contributed by atoms with Gasteiger partial charge in [-0.15, -0.1) is 0 Å². The van der Waals surface area contributed by atoms with Gasteiger partial charge in [0.1, 0.15) is 6.04 Å². The highest BCUT2D eigenvalue weighted by molar-refractivity contribution is 5.85. The van der Waals surface area contributed by atoms with Crippen LogP contribution in [0.3, 0.4) is 0 Å². The molecule has 1 aromatic rings. The van der Waals surface area contributed by atoms with Crippen molar-refractivity contribution in [3.63, 3.8) is 0 Å². The number of aromatic nitrogens is 1. The zero-order valence-corrected chi connectivity index (χ0v) is 11.8. The molecule has 19 heavy (non-hydrogen) atoms. The zero-order valence-electron chi connectivity index (χ0n) is 11.8. The van der Waals surface area contributed by atoms with Crippen molar-refractivity contribution in [2.75, 3.05) is 7.11 Å². The first-order chi connectivity index (χ1) is 8.95. The van der Waals surface area contributed by atoms with Crippen LogP contribution in [0.4, 0.5) is 0 Å². The molecule has 5 heteroatoms. The van der Waals surface area contributed by atoms with Crippen LogP contribution in [0.5, 0.6) is 0 Å². The molecule has 0 saturated carbocycles. The molecule has 0 radical (unpaired) electrons. The summed E-state index contributed by atoms with van der Waals surface area (Å²) < 4.78 is 4.68. The number of methoxy groups -OCH3 is 1. The lowest BCUT2D eigenvalue weighted by Crippen LogP contribution is -2.45. The van der Waals surface area contributed by atoms with Crippen LogP contribution >= 0.6 is 0 Å². The van der Waals surface area contributed by atoms with Gasteiger partial charge in [-0.25, -0.2) is 4.79 Å². The Kier molecular flexibility index (Phi) is 5.48. The molecule has 1 atom stereocenters. The summed E-state index contributed by atoms with van der Waals surface area (Å²) in [6.07, 6.45) is 1.81. The lowest BCUT2D eigenvalue weighted by atomic mass is 10.0. The number of hydrogen-bond donors (Lipinski definition) is 1. The molecule has 1 N–H and O–H groups in total. The average Bonchev–Trinajstić information content (AvgIpc) is 2.37. The largest absolute Gasteiger partial charge is 0.467 e. The van der Waals surface area contributed by atoms with Crippen molar-refractivity contribution in [3.8, 4) is 0 Å². The number of pyridine rings is 1. The topological polar surface area (TPSA) is 68.3 Å². The van der Waals surface area contributed by atoms with Crippen molar-refractivity contribution in [2.24, 2.45) is 5.92 Å². The van der Waals surface area contributed by atoms with Crippen LogP contribution in [-0.4, -0.2) is 30.0 Å². The number of esters is 1. The van der Waals surface area contributed by atoms with Gasteiger partial charge in [0.2, 0.25) is 5.91 Å². The summed E-state index contributed by atoms with van der Waals surface area (Å²) in [5.41, 5.74) is 1.67. The summed E-state index contributed by atoms with van der Waals surface area (Å²) in [4.78, 5) is 27.7. The molecule has 0 aliphatic heterocycles. The van der Waals surface area contributed by atoms with Gasteiger partial charge in [0.05, 0.1) is 19.2 Å².